The summed E-state index contributed by atoms with van der Waals surface area (Å²) in [5.41, 5.74) is 3.14. The minimum atomic E-state index is -2.22. The summed E-state index contributed by atoms with van der Waals surface area (Å²) in [6.45, 7) is 4.96. The third kappa shape index (κ3) is 4.65. The fourth-order valence-electron chi connectivity index (χ4n) is 4.33. The quantitative estimate of drug-likeness (QED) is 0.476. The number of morpholine rings is 1. The Balaban J connectivity index is 1.45. The largest absolute Gasteiger partial charge is 0.373 e. The third-order valence-corrected chi connectivity index (χ3v) is 6.67. The summed E-state index contributed by atoms with van der Waals surface area (Å²) >= 11 is -2.22. The van der Waals surface area contributed by atoms with E-state index in [1.807, 2.05) is 61.5 Å². The van der Waals surface area contributed by atoms with Gasteiger partial charge in [0.25, 0.3) is 11.3 Å². The number of benzene rings is 1. The van der Waals surface area contributed by atoms with Gasteiger partial charge in [0.2, 0.25) is 5.91 Å². The predicted molar refractivity (Wildman–Crippen MR) is 128 cm³/mol. The van der Waals surface area contributed by atoms with Crippen molar-refractivity contribution in [1.29, 1.82) is 0 Å². The van der Waals surface area contributed by atoms with Crippen LogP contribution in [0.4, 0.5) is 11.5 Å². The summed E-state index contributed by atoms with van der Waals surface area (Å²) in [6, 6.07) is 11.3. The van der Waals surface area contributed by atoms with Crippen LogP contribution in [-0.4, -0.2) is 54.9 Å². The van der Waals surface area contributed by atoms with Crippen molar-refractivity contribution in [3.8, 4) is 11.1 Å². The standard InChI is InChI=1S/C23H27N5O4S/c1-14-12-27(13-15(2)32-14)28(33(30)31)18-7-5-16(6-8-18)20-11-21(26-23(29)17-3-4-17)25-22-19(20)9-10-24-22/h5-11,14-15,17H,3-4,12-13H2,1-2H3,(H,30,31)(H2,24,25,26,29). The van der Waals surface area contributed by atoms with E-state index in [2.05, 4.69) is 15.3 Å². The van der Waals surface area contributed by atoms with Gasteiger partial charge in [0.1, 0.15) is 11.5 Å². The zero-order chi connectivity index (χ0) is 23.1. The number of nitrogens with one attached hydrogen (secondary N) is 2. The van der Waals surface area contributed by atoms with Crippen molar-refractivity contribution in [2.75, 3.05) is 22.8 Å². The lowest BCUT2D eigenvalue weighted by Gasteiger charge is -2.40. The van der Waals surface area contributed by atoms with Gasteiger partial charge >= 0.3 is 0 Å². The van der Waals surface area contributed by atoms with Crippen molar-refractivity contribution in [3.63, 3.8) is 0 Å². The Bertz CT molecular complexity index is 1180. The van der Waals surface area contributed by atoms with E-state index in [0.29, 0.717) is 30.2 Å². The molecule has 0 radical (unpaired) electrons. The van der Waals surface area contributed by atoms with Crippen LogP contribution in [0, 0.1) is 5.92 Å². The molecule has 33 heavy (non-hydrogen) atoms. The fraction of sp³-hybridized carbons (Fsp3) is 0.391. The maximum Gasteiger partial charge on any atom is 0.277 e. The van der Waals surface area contributed by atoms with E-state index in [0.717, 1.165) is 29.4 Å². The topological polar surface area (TPSA) is 111 Å². The summed E-state index contributed by atoms with van der Waals surface area (Å²) in [6.07, 6.45) is 3.59. The van der Waals surface area contributed by atoms with Gasteiger partial charge in [-0.2, -0.15) is 4.41 Å². The molecule has 0 bridgehead atoms. The number of anilines is 2. The van der Waals surface area contributed by atoms with Crippen LogP contribution >= 0.6 is 0 Å². The molecule has 3 N–H and O–H groups in total. The number of ether oxygens (including phenoxy) is 1. The molecular formula is C23H27N5O4S. The van der Waals surface area contributed by atoms with E-state index >= 15 is 0 Å². The molecule has 10 heteroatoms. The summed E-state index contributed by atoms with van der Waals surface area (Å²) < 4.78 is 29.4. The molecule has 3 unspecified atom stereocenters. The Morgan fingerprint density at radius 3 is 2.55 bits per heavy atom. The Hall–Kier alpha value is -2.79. The second-order valence-corrected chi connectivity index (χ2v) is 9.55. The third-order valence-electron chi connectivity index (χ3n) is 5.93. The Labute approximate surface area is 194 Å². The highest BCUT2D eigenvalue weighted by molar-refractivity contribution is 7.80. The van der Waals surface area contributed by atoms with E-state index in [9.17, 15) is 13.6 Å². The number of amides is 1. The summed E-state index contributed by atoms with van der Waals surface area (Å²) in [4.78, 5) is 19.9. The monoisotopic (exact) mass is 469 g/mol. The van der Waals surface area contributed by atoms with Crippen LogP contribution in [0.3, 0.4) is 0 Å². The van der Waals surface area contributed by atoms with E-state index in [-0.39, 0.29) is 24.0 Å². The molecule has 2 fully saturated rings. The number of hydrogen-bond acceptors (Lipinski definition) is 5. The van der Waals surface area contributed by atoms with Crippen molar-refractivity contribution in [2.45, 2.75) is 38.9 Å². The summed E-state index contributed by atoms with van der Waals surface area (Å²) in [5, 5.41) is 5.71. The number of aromatic amines is 1. The summed E-state index contributed by atoms with van der Waals surface area (Å²) in [7, 11) is 0. The van der Waals surface area contributed by atoms with Crippen LogP contribution in [-0.2, 0) is 20.8 Å². The van der Waals surface area contributed by atoms with E-state index in [1.54, 1.807) is 0 Å². The molecule has 1 saturated heterocycles. The molecule has 3 heterocycles. The smallest absolute Gasteiger partial charge is 0.277 e. The first-order valence-corrected chi connectivity index (χ1v) is 12.2. The lowest BCUT2D eigenvalue weighted by molar-refractivity contribution is -0.117. The van der Waals surface area contributed by atoms with Crippen LogP contribution < -0.4 is 9.73 Å². The second kappa shape index (κ2) is 8.86. The maximum absolute atomic E-state index is 12.2. The van der Waals surface area contributed by atoms with Crippen LogP contribution in [0.1, 0.15) is 26.7 Å². The van der Waals surface area contributed by atoms with Gasteiger partial charge in [-0.3, -0.25) is 9.35 Å². The zero-order valence-corrected chi connectivity index (χ0v) is 19.3. The van der Waals surface area contributed by atoms with Gasteiger partial charge in [0, 0.05) is 30.6 Å². The average Bonchev–Trinajstić information content (AvgIpc) is 3.51. The zero-order valence-electron chi connectivity index (χ0n) is 18.5. The highest BCUT2D eigenvalue weighted by Gasteiger charge is 2.31. The Kier molecular flexibility index (Phi) is 5.92. The number of nitrogens with zero attached hydrogens (tertiary/aromatic N) is 3. The van der Waals surface area contributed by atoms with E-state index < -0.39 is 11.3 Å². The van der Waals surface area contributed by atoms with E-state index in [4.69, 9.17) is 4.74 Å². The first-order valence-electron chi connectivity index (χ1n) is 11.1. The summed E-state index contributed by atoms with van der Waals surface area (Å²) in [5.74, 6) is 0.602. The molecule has 1 saturated carbocycles. The SMILES string of the molecule is CC1CN(N(c2ccc(-c3cc(NC(=O)C4CC4)nc4[nH]ccc34)cc2)S(=O)O)CC(C)O1. The van der Waals surface area contributed by atoms with Crippen molar-refractivity contribution in [3.05, 3.63) is 42.6 Å². The molecule has 9 nitrogen and oxygen atoms in total. The van der Waals surface area contributed by atoms with Crippen LogP contribution in [0.5, 0.6) is 0 Å². The molecule has 3 atom stereocenters. The van der Waals surface area contributed by atoms with Crippen LogP contribution in [0.15, 0.2) is 42.6 Å². The van der Waals surface area contributed by atoms with Gasteiger partial charge in [-0.1, -0.05) is 12.1 Å². The molecule has 1 aliphatic heterocycles. The van der Waals surface area contributed by atoms with Gasteiger partial charge in [-0.25, -0.2) is 14.2 Å². The first-order chi connectivity index (χ1) is 15.9. The van der Waals surface area contributed by atoms with Gasteiger partial charge in [-0.05, 0) is 62.1 Å². The normalized spacial score (nSPS) is 22.3. The molecule has 0 spiro atoms. The fourth-order valence-corrected chi connectivity index (χ4v) is 4.97. The molecular weight excluding hydrogens is 442 g/mol. The molecule has 5 rings (SSSR count). The minimum absolute atomic E-state index is 0.00439. The van der Waals surface area contributed by atoms with E-state index in [1.165, 1.54) is 4.41 Å². The number of fused-ring (bicyclic) bond motifs is 1. The van der Waals surface area contributed by atoms with Gasteiger partial charge in [-0.15, -0.1) is 0 Å². The lowest BCUT2D eigenvalue weighted by atomic mass is 10.0. The van der Waals surface area contributed by atoms with Gasteiger partial charge < -0.3 is 15.0 Å². The number of rotatable bonds is 6. The van der Waals surface area contributed by atoms with Crippen molar-refractivity contribution >= 4 is 39.7 Å². The Morgan fingerprint density at radius 2 is 1.91 bits per heavy atom. The number of carbonyl (C=O) groups excluding carboxylic acids is 1. The number of H-pyrrole nitrogens is 1. The number of pyridine rings is 1. The molecule has 2 aromatic heterocycles. The number of hydrogen-bond donors (Lipinski definition) is 3. The second-order valence-electron chi connectivity index (χ2n) is 8.74. The van der Waals surface area contributed by atoms with Gasteiger partial charge in [0.05, 0.1) is 17.9 Å². The van der Waals surface area contributed by atoms with Crippen LogP contribution in [0.2, 0.25) is 0 Å². The lowest BCUT2D eigenvalue weighted by Crippen LogP contribution is -2.54. The molecule has 3 aromatic rings. The number of aromatic nitrogens is 2. The molecule has 1 aliphatic carbocycles. The van der Waals surface area contributed by atoms with Crippen molar-refractivity contribution in [1.82, 2.24) is 15.0 Å². The molecule has 174 valence electrons. The average molecular weight is 470 g/mol. The molecule has 1 aromatic carbocycles. The molecule has 1 amide bonds. The highest BCUT2D eigenvalue weighted by Crippen LogP contribution is 2.34. The predicted octanol–water partition coefficient (Wildman–Crippen LogP) is 3.55. The van der Waals surface area contributed by atoms with Crippen molar-refractivity contribution in [2.24, 2.45) is 5.92 Å². The minimum Gasteiger partial charge on any atom is -0.373 e. The molecule has 2 aliphatic rings. The maximum atomic E-state index is 12.2. The van der Waals surface area contributed by atoms with Crippen molar-refractivity contribution < 1.29 is 18.3 Å². The van der Waals surface area contributed by atoms with Crippen LogP contribution in [0.25, 0.3) is 22.2 Å². The number of hydrazine groups is 1. The first kappa shape index (κ1) is 22.0. The van der Waals surface area contributed by atoms with Gasteiger partial charge in [0.15, 0.2) is 0 Å². The Morgan fingerprint density at radius 1 is 1.21 bits per heavy atom. The highest BCUT2D eigenvalue weighted by atomic mass is 32.2. The number of carbonyl (C=O) groups is 1.